The fourth-order valence-corrected chi connectivity index (χ4v) is 0.907. The first kappa shape index (κ1) is 13.9. The van der Waals surface area contributed by atoms with Gasteiger partial charge < -0.3 is 22.1 Å². The average molecular weight is 216 g/mol. The van der Waals surface area contributed by atoms with E-state index in [1.165, 1.54) is 0 Å². The van der Waals surface area contributed by atoms with Crippen molar-refractivity contribution in [3.05, 3.63) is 0 Å². The van der Waals surface area contributed by atoms with Crippen LogP contribution in [0.15, 0.2) is 0 Å². The number of carbonyl (C=O) groups is 2. The molecule has 0 aliphatic carbocycles. The lowest BCUT2D eigenvalue weighted by atomic mass is 10.2. The van der Waals surface area contributed by atoms with Crippen LogP contribution in [0.3, 0.4) is 0 Å². The summed E-state index contributed by atoms with van der Waals surface area (Å²) in [6.07, 6.45) is 0. The zero-order valence-corrected chi connectivity index (χ0v) is 9.41. The van der Waals surface area contributed by atoms with Gasteiger partial charge in [0.2, 0.25) is 11.8 Å². The lowest BCUT2D eigenvalue weighted by Crippen LogP contribution is -2.51. The third-order valence-corrected chi connectivity index (χ3v) is 1.83. The first-order valence-corrected chi connectivity index (χ1v) is 4.93. The van der Waals surface area contributed by atoms with Crippen LogP contribution in [0, 0.1) is 0 Å². The molecule has 0 aliphatic rings. The SMILES string of the molecule is CC(C)NC(=O)C(C)NCC(N)C(N)=O. The van der Waals surface area contributed by atoms with Crippen LogP contribution < -0.4 is 22.1 Å². The molecule has 2 atom stereocenters. The fourth-order valence-electron chi connectivity index (χ4n) is 0.907. The number of nitrogens with one attached hydrogen (secondary N) is 2. The highest BCUT2D eigenvalue weighted by Crippen LogP contribution is 1.86. The van der Waals surface area contributed by atoms with Gasteiger partial charge in [-0.25, -0.2) is 0 Å². The zero-order valence-electron chi connectivity index (χ0n) is 9.41. The minimum Gasteiger partial charge on any atom is -0.368 e. The molecule has 0 spiro atoms. The predicted octanol–water partition coefficient (Wildman–Crippen LogP) is -1.70. The summed E-state index contributed by atoms with van der Waals surface area (Å²) in [6, 6.07) is -1.07. The molecule has 6 nitrogen and oxygen atoms in total. The summed E-state index contributed by atoms with van der Waals surface area (Å²) in [5.41, 5.74) is 10.4. The second-order valence-electron chi connectivity index (χ2n) is 3.80. The molecule has 2 unspecified atom stereocenters. The number of nitrogens with two attached hydrogens (primary N) is 2. The van der Waals surface area contributed by atoms with Crippen molar-refractivity contribution in [2.24, 2.45) is 11.5 Å². The van der Waals surface area contributed by atoms with E-state index < -0.39 is 18.0 Å². The molecule has 0 aromatic carbocycles. The molecule has 0 heterocycles. The van der Waals surface area contributed by atoms with E-state index in [0.29, 0.717) is 0 Å². The summed E-state index contributed by atoms with van der Waals surface area (Å²) in [4.78, 5) is 22.0. The van der Waals surface area contributed by atoms with Gasteiger partial charge in [0.1, 0.15) is 0 Å². The predicted molar refractivity (Wildman–Crippen MR) is 57.9 cm³/mol. The molecule has 0 aromatic rings. The highest BCUT2D eigenvalue weighted by atomic mass is 16.2. The molecule has 0 fully saturated rings. The van der Waals surface area contributed by atoms with Gasteiger partial charge in [-0.3, -0.25) is 9.59 Å². The van der Waals surface area contributed by atoms with Gasteiger partial charge in [-0.2, -0.15) is 0 Å². The van der Waals surface area contributed by atoms with Crippen LogP contribution >= 0.6 is 0 Å². The molecule has 6 heteroatoms. The summed E-state index contributed by atoms with van der Waals surface area (Å²) >= 11 is 0. The van der Waals surface area contributed by atoms with Gasteiger partial charge in [0.15, 0.2) is 0 Å². The number of primary amides is 1. The van der Waals surface area contributed by atoms with E-state index in [0.717, 1.165) is 0 Å². The van der Waals surface area contributed by atoms with Crippen molar-refractivity contribution in [1.29, 1.82) is 0 Å². The Morgan fingerprint density at radius 3 is 2.20 bits per heavy atom. The Morgan fingerprint density at radius 1 is 1.27 bits per heavy atom. The van der Waals surface area contributed by atoms with Gasteiger partial charge in [-0.15, -0.1) is 0 Å². The van der Waals surface area contributed by atoms with Gasteiger partial charge in [0.25, 0.3) is 0 Å². The molecule has 0 saturated carbocycles. The molecule has 0 aliphatic heterocycles. The van der Waals surface area contributed by atoms with Crippen LogP contribution in [0.1, 0.15) is 20.8 Å². The number of amides is 2. The Balaban J connectivity index is 3.87. The first-order chi connectivity index (χ1) is 6.84. The highest BCUT2D eigenvalue weighted by Gasteiger charge is 2.15. The van der Waals surface area contributed by atoms with Crippen LogP contribution in [0.5, 0.6) is 0 Å². The van der Waals surface area contributed by atoms with Crippen LogP contribution in [-0.4, -0.2) is 36.5 Å². The lowest BCUT2D eigenvalue weighted by Gasteiger charge is -2.17. The summed E-state index contributed by atoms with van der Waals surface area (Å²) in [5.74, 6) is -0.708. The molecule has 0 bridgehead atoms. The maximum atomic E-state index is 11.4. The molecule has 15 heavy (non-hydrogen) atoms. The summed E-state index contributed by atoms with van der Waals surface area (Å²) in [7, 11) is 0. The van der Waals surface area contributed by atoms with Crippen molar-refractivity contribution >= 4 is 11.8 Å². The van der Waals surface area contributed by atoms with Crippen LogP contribution in [0.25, 0.3) is 0 Å². The molecule has 2 amide bonds. The summed E-state index contributed by atoms with van der Waals surface area (Å²) in [6.45, 7) is 5.65. The summed E-state index contributed by atoms with van der Waals surface area (Å²) in [5, 5.41) is 5.57. The van der Waals surface area contributed by atoms with E-state index >= 15 is 0 Å². The van der Waals surface area contributed by atoms with Crippen molar-refractivity contribution in [1.82, 2.24) is 10.6 Å². The van der Waals surface area contributed by atoms with Crippen molar-refractivity contribution in [3.8, 4) is 0 Å². The molecule has 88 valence electrons. The second kappa shape index (κ2) is 6.36. The highest BCUT2D eigenvalue weighted by molar-refractivity contribution is 5.82. The third-order valence-electron chi connectivity index (χ3n) is 1.83. The fraction of sp³-hybridized carbons (Fsp3) is 0.778. The van der Waals surface area contributed by atoms with E-state index in [-0.39, 0.29) is 18.5 Å². The van der Waals surface area contributed by atoms with E-state index in [2.05, 4.69) is 10.6 Å². The van der Waals surface area contributed by atoms with Gasteiger partial charge >= 0.3 is 0 Å². The topological polar surface area (TPSA) is 110 Å². The van der Waals surface area contributed by atoms with Crippen LogP contribution in [0.4, 0.5) is 0 Å². The van der Waals surface area contributed by atoms with E-state index in [1.54, 1.807) is 6.92 Å². The van der Waals surface area contributed by atoms with Crippen molar-refractivity contribution in [2.45, 2.75) is 38.9 Å². The number of hydrogen-bond donors (Lipinski definition) is 4. The van der Waals surface area contributed by atoms with E-state index in [9.17, 15) is 9.59 Å². The minimum atomic E-state index is -0.765. The second-order valence-corrected chi connectivity index (χ2v) is 3.80. The smallest absolute Gasteiger partial charge is 0.237 e. The standard InChI is InChI=1S/C9H20N4O2/c1-5(2)13-9(15)6(3)12-4-7(10)8(11)14/h5-7,12H,4,10H2,1-3H3,(H2,11,14)(H,13,15). The van der Waals surface area contributed by atoms with Crippen LogP contribution in [0.2, 0.25) is 0 Å². The summed E-state index contributed by atoms with van der Waals surface area (Å²) < 4.78 is 0. The van der Waals surface area contributed by atoms with Crippen LogP contribution in [-0.2, 0) is 9.59 Å². The maximum Gasteiger partial charge on any atom is 0.237 e. The molecule has 0 saturated heterocycles. The van der Waals surface area contributed by atoms with Crippen molar-refractivity contribution < 1.29 is 9.59 Å². The molecule has 0 rings (SSSR count). The van der Waals surface area contributed by atoms with Crippen molar-refractivity contribution in [3.63, 3.8) is 0 Å². The molecular formula is C9H20N4O2. The normalized spacial score (nSPS) is 14.7. The Labute approximate surface area is 89.8 Å². The Bertz CT molecular complexity index is 230. The Hall–Kier alpha value is -1.14. The lowest BCUT2D eigenvalue weighted by molar-refractivity contribution is -0.124. The van der Waals surface area contributed by atoms with Gasteiger partial charge in [-0.05, 0) is 20.8 Å². The van der Waals surface area contributed by atoms with Gasteiger partial charge in [0, 0.05) is 12.6 Å². The number of rotatable bonds is 6. The molecule has 6 N–H and O–H groups in total. The number of carbonyl (C=O) groups excluding carboxylic acids is 2. The van der Waals surface area contributed by atoms with Gasteiger partial charge in [-0.1, -0.05) is 0 Å². The minimum absolute atomic E-state index is 0.0894. The first-order valence-electron chi connectivity index (χ1n) is 4.93. The van der Waals surface area contributed by atoms with E-state index in [1.807, 2.05) is 13.8 Å². The molecule has 0 aromatic heterocycles. The Kier molecular flexibility index (Phi) is 5.88. The monoisotopic (exact) mass is 216 g/mol. The Morgan fingerprint density at radius 2 is 1.80 bits per heavy atom. The van der Waals surface area contributed by atoms with Crippen molar-refractivity contribution in [2.75, 3.05) is 6.54 Å². The zero-order chi connectivity index (χ0) is 12.0. The third kappa shape index (κ3) is 6.03. The maximum absolute atomic E-state index is 11.4. The quantitative estimate of drug-likeness (QED) is 0.424. The molecule has 0 radical (unpaired) electrons. The number of hydrogen-bond acceptors (Lipinski definition) is 4. The van der Waals surface area contributed by atoms with E-state index in [4.69, 9.17) is 11.5 Å². The largest absolute Gasteiger partial charge is 0.368 e. The van der Waals surface area contributed by atoms with Gasteiger partial charge in [0.05, 0.1) is 12.1 Å². The molecular weight excluding hydrogens is 196 g/mol. The average Bonchev–Trinajstić information content (AvgIpc) is 2.12.